The summed E-state index contributed by atoms with van der Waals surface area (Å²) in [6.07, 6.45) is 0. The Morgan fingerprint density at radius 3 is 2.69 bits per heavy atom. The molecule has 2 rings (SSSR count). The van der Waals surface area contributed by atoms with Crippen molar-refractivity contribution in [3.63, 3.8) is 0 Å². The Bertz CT molecular complexity index is 284. The van der Waals surface area contributed by atoms with Gasteiger partial charge in [-0.25, -0.2) is 0 Å². The van der Waals surface area contributed by atoms with Crippen molar-refractivity contribution < 1.29 is 0 Å². The summed E-state index contributed by atoms with van der Waals surface area (Å²) in [7, 11) is 0. The first kappa shape index (κ1) is 9.22. The third-order valence-electron chi connectivity index (χ3n) is 2.18. The quantitative estimate of drug-likeness (QED) is 0.706. The highest BCUT2D eigenvalue weighted by Crippen LogP contribution is 2.22. The third kappa shape index (κ3) is 2.32. The number of thioether (sulfide) groups is 1. The van der Waals surface area contributed by atoms with Crippen LogP contribution in [0.4, 0.5) is 5.69 Å². The van der Waals surface area contributed by atoms with Gasteiger partial charge in [0.2, 0.25) is 0 Å². The second kappa shape index (κ2) is 4.25. The van der Waals surface area contributed by atoms with Crippen molar-refractivity contribution >= 4 is 29.1 Å². The maximum atomic E-state index is 5.93. The molecule has 1 aliphatic heterocycles. The second-order valence-corrected chi connectivity index (χ2v) is 4.74. The van der Waals surface area contributed by atoms with E-state index in [-0.39, 0.29) is 0 Å². The van der Waals surface area contributed by atoms with E-state index in [1.54, 1.807) is 0 Å². The number of halogens is 1. The Morgan fingerprint density at radius 2 is 2.00 bits per heavy atom. The minimum atomic E-state index is 0.829. The van der Waals surface area contributed by atoms with Gasteiger partial charge in [-0.2, -0.15) is 11.8 Å². The fourth-order valence-electron chi connectivity index (χ4n) is 1.49. The van der Waals surface area contributed by atoms with Crippen LogP contribution >= 0.6 is 23.4 Å². The van der Waals surface area contributed by atoms with Crippen LogP contribution < -0.4 is 4.90 Å². The first-order valence-electron chi connectivity index (χ1n) is 4.44. The number of anilines is 1. The van der Waals surface area contributed by atoms with Crippen molar-refractivity contribution in [3.8, 4) is 0 Å². The van der Waals surface area contributed by atoms with Crippen molar-refractivity contribution in [1.82, 2.24) is 0 Å². The molecule has 1 aliphatic rings. The molecule has 1 nitrogen and oxygen atoms in total. The normalized spacial score (nSPS) is 17.5. The maximum Gasteiger partial charge on any atom is 0.0426 e. The van der Waals surface area contributed by atoms with E-state index in [9.17, 15) is 0 Å². The van der Waals surface area contributed by atoms with Crippen LogP contribution in [-0.4, -0.2) is 24.6 Å². The summed E-state index contributed by atoms with van der Waals surface area (Å²) in [4.78, 5) is 2.39. The zero-order valence-electron chi connectivity index (χ0n) is 7.37. The number of hydrogen-bond donors (Lipinski definition) is 0. The molecule has 1 saturated heterocycles. The first-order valence-corrected chi connectivity index (χ1v) is 5.98. The third-order valence-corrected chi connectivity index (χ3v) is 3.36. The van der Waals surface area contributed by atoms with Crippen molar-refractivity contribution in [2.24, 2.45) is 0 Å². The van der Waals surface area contributed by atoms with Gasteiger partial charge in [0.25, 0.3) is 0 Å². The predicted molar refractivity (Wildman–Crippen MR) is 61.0 cm³/mol. The zero-order chi connectivity index (χ0) is 9.10. The van der Waals surface area contributed by atoms with E-state index in [4.69, 9.17) is 11.6 Å². The molecule has 13 heavy (non-hydrogen) atoms. The zero-order valence-corrected chi connectivity index (χ0v) is 8.94. The first-order chi connectivity index (χ1) is 6.36. The molecule has 0 aliphatic carbocycles. The minimum Gasteiger partial charge on any atom is -0.370 e. The SMILES string of the molecule is Clc1cccc(N2CCSCC2)c1. The van der Waals surface area contributed by atoms with E-state index >= 15 is 0 Å². The van der Waals surface area contributed by atoms with Gasteiger partial charge in [-0.3, -0.25) is 0 Å². The molecule has 0 radical (unpaired) electrons. The largest absolute Gasteiger partial charge is 0.370 e. The average Bonchev–Trinajstić information content (AvgIpc) is 2.19. The standard InChI is InChI=1S/C10H12ClNS/c11-9-2-1-3-10(8-9)12-4-6-13-7-5-12/h1-3,8H,4-7H2. The summed E-state index contributed by atoms with van der Waals surface area (Å²) in [5, 5.41) is 0.829. The molecule has 0 aromatic heterocycles. The summed E-state index contributed by atoms with van der Waals surface area (Å²) >= 11 is 7.96. The highest BCUT2D eigenvalue weighted by molar-refractivity contribution is 7.99. The van der Waals surface area contributed by atoms with Gasteiger partial charge in [0, 0.05) is 35.3 Å². The van der Waals surface area contributed by atoms with Gasteiger partial charge in [-0.15, -0.1) is 0 Å². The monoisotopic (exact) mass is 213 g/mol. The molecule has 0 saturated carbocycles. The summed E-state index contributed by atoms with van der Waals surface area (Å²) in [6, 6.07) is 8.10. The molecule has 0 bridgehead atoms. The molecule has 3 heteroatoms. The molecule has 0 spiro atoms. The van der Waals surface area contributed by atoms with E-state index < -0.39 is 0 Å². The molecule has 0 N–H and O–H groups in total. The lowest BCUT2D eigenvalue weighted by Gasteiger charge is -2.28. The maximum absolute atomic E-state index is 5.93. The fourth-order valence-corrected chi connectivity index (χ4v) is 2.58. The number of benzene rings is 1. The van der Waals surface area contributed by atoms with Crippen molar-refractivity contribution in [2.75, 3.05) is 29.5 Å². The Labute approximate surface area is 88.1 Å². The lowest BCUT2D eigenvalue weighted by atomic mass is 10.3. The molecule has 70 valence electrons. The highest BCUT2D eigenvalue weighted by Gasteiger charge is 2.10. The lowest BCUT2D eigenvalue weighted by Crippen LogP contribution is -2.32. The Balaban J connectivity index is 2.14. The fraction of sp³-hybridized carbons (Fsp3) is 0.400. The van der Waals surface area contributed by atoms with Gasteiger partial charge in [0.15, 0.2) is 0 Å². The van der Waals surface area contributed by atoms with Gasteiger partial charge in [0.05, 0.1) is 0 Å². The van der Waals surface area contributed by atoms with Crippen LogP contribution in [0, 0.1) is 0 Å². The summed E-state index contributed by atoms with van der Waals surface area (Å²) in [5.74, 6) is 2.46. The van der Waals surface area contributed by atoms with Crippen LogP contribution in [0.25, 0.3) is 0 Å². The molecule has 0 atom stereocenters. The number of hydrogen-bond acceptors (Lipinski definition) is 2. The van der Waals surface area contributed by atoms with Crippen LogP contribution in [0.1, 0.15) is 0 Å². The van der Waals surface area contributed by atoms with Crippen LogP contribution in [-0.2, 0) is 0 Å². The van der Waals surface area contributed by atoms with Gasteiger partial charge < -0.3 is 4.90 Å². The topological polar surface area (TPSA) is 3.24 Å². The van der Waals surface area contributed by atoms with E-state index in [1.165, 1.54) is 17.2 Å². The number of nitrogens with zero attached hydrogens (tertiary/aromatic N) is 1. The smallest absolute Gasteiger partial charge is 0.0426 e. The van der Waals surface area contributed by atoms with Crippen LogP contribution in [0.2, 0.25) is 5.02 Å². The molecular weight excluding hydrogens is 202 g/mol. The molecule has 0 unspecified atom stereocenters. The van der Waals surface area contributed by atoms with Crippen LogP contribution in [0.5, 0.6) is 0 Å². The van der Waals surface area contributed by atoms with Crippen LogP contribution in [0.15, 0.2) is 24.3 Å². The second-order valence-electron chi connectivity index (χ2n) is 3.08. The van der Waals surface area contributed by atoms with Gasteiger partial charge >= 0.3 is 0 Å². The van der Waals surface area contributed by atoms with Crippen molar-refractivity contribution in [2.45, 2.75) is 0 Å². The Kier molecular flexibility index (Phi) is 3.01. The molecular formula is C10H12ClNS. The summed E-state index contributed by atoms with van der Waals surface area (Å²) in [5.41, 5.74) is 1.26. The average molecular weight is 214 g/mol. The van der Waals surface area contributed by atoms with Crippen LogP contribution in [0.3, 0.4) is 0 Å². The van der Waals surface area contributed by atoms with Gasteiger partial charge in [0.1, 0.15) is 0 Å². The minimum absolute atomic E-state index is 0.829. The van der Waals surface area contributed by atoms with Gasteiger partial charge in [-0.05, 0) is 18.2 Å². The van der Waals surface area contributed by atoms with E-state index in [0.29, 0.717) is 0 Å². The molecule has 1 aromatic rings. The highest BCUT2D eigenvalue weighted by atomic mass is 35.5. The lowest BCUT2D eigenvalue weighted by molar-refractivity contribution is 0.859. The molecule has 1 fully saturated rings. The van der Waals surface area contributed by atoms with E-state index in [2.05, 4.69) is 11.0 Å². The number of rotatable bonds is 1. The Hall–Kier alpha value is -0.340. The molecule has 1 aromatic carbocycles. The van der Waals surface area contributed by atoms with Crippen molar-refractivity contribution in [3.05, 3.63) is 29.3 Å². The van der Waals surface area contributed by atoms with E-state index in [1.807, 2.05) is 30.0 Å². The molecule has 0 amide bonds. The Morgan fingerprint density at radius 1 is 1.23 bits per heavy atom. The van der Waals surface area contributed by atoms with E-state index in [0.717, 1.165) is 18.1 Å². The summed E-state index contributed by atoms with van der Waals surface area (Å²) < 4.78 is 0. The van der Waals surface area contributed by atoms with Gasteiger partial charge in [-0.1, -0.05) is 17.7 Å². The van der Waals surface area contributed by atoms with Crippen molar-refractivity contribution in [1.29, 1.82) is 0 Å². The molecule has 1 heterocycles. The summed E-state index contributed by atoms with van der Waals surface area (Å²) in [6.45, 7) is 2.29. The predicted octanol–water partition coefficient (Wildman–Crippen LogP) is 2.89.